The highest BCUT2D eigenvalue weighted by atomic mass is 19.1. The van der Waals surface area contributed by atoms with E-state index in [4.69, 9.17) is 4.52 Å². The number of amides is 2. The van der Waals surface area contributed by atoms with Crippen molar-refractivity contribution in [3.05, 3.63) is 47.4 Å². The molecule has 2 amide bonds. The summed E-state index contributed by atoms with van der Waals surface area (Å²) >= 11 is 0. The fourth-order valence-electron chi connectivity index (χ4n) is 4.22. The number of hydrogen-bond acceptors (Lipinski definition) is 5. The first-order chi connectivity index (χ1) is 15.4. The van der Waals surface area contributed by atoms with Crippen LogP contribution in [-0.2, 0) is 22.6 Å². The molecule has 1 aliphatic rings. The predicted octanol–water partition coefficient (Wildman–Crippen LogP) is 3.22. The first-order valence-corrected chi connectivity index (χ1v) is 11.0. The molecule has 0 unspecified atom stereocenters. The molecule has 3 aromatic rings. The van der Waals surface area contributed by atoms with Gasteiger partial charge in [0.1, 0.15) is 23.1 Å². The summed E-state index contributed by atoms with van der Waals surface area (Å²) in [7, 11) is 1.76. The Morgan fingerprint density at radius 3 is 2.97 bits per heavy atom. The SMILES string of the molecule is Cc1cc(CN(C)C(=O)C[C@H]2CCCN(C(=O)CCc3nc4ccc(F)cc4[nH]3)C2)no1. The van der Waals surface area contributed by atoms with Crippen LogP contribution in [0, 0.1) is 18.7 Å². The van der Waals surface area contributed by atoms with E-state index in [1.807, 2.05) is 17.9 Å². The number of hydrogen-bond donors (Lipinski definition) is 1. The second kappa shape index (κ2) is 9.50. The maximum Gasteiger partial charge on any atom is 0.223 e. The number of aromatic nitrogens is 3. The van der Waals surface area contributed by atoms with Crippen LogP contribution in [-0.4, -0.2) is 56.9 Å². The highest BCUT2D eigenvalue weighted by Gasteiger charge is 2.26. The van der Waals surface area contributed by atoms with Crippen LogP contribution in [0.3, 0.4) is 0 Å². The molecule has 3 heterocycles. The molecule has 1 saturated heterocycles. The van der Waals surface area contributed by atoms with Gasteiger partial charge in [0.05, 0.1) is 17.6 Å². The summed E-state index contributed by atoms with van der Waals surface area (Å²) in [5.74, 6) is 1.32. The van der Waals surface area contributed by atoms with Gasteiger partial charge in [-0.05, 0) is 43.9 Å². The van der Waals surface area contributed by atoms with Gasteiger partial charge in [-0.25, -0.2) is 9.37 Å². The number of aromatic amines is 1. The van der Waals surface area contributed by atoms with Crippen molar-refractivity contribution in [3.8, 4) is 0 Å². The number of nitrogens with zero attached hydrogens (tertiary/aromatic N) is 4. The summed E-state index contributed by atoms with van der Waals surface area (Å²) < 4.78 is 18.4. The number of aryl methyl sites for hydroxylation is 2. The van der Waals surface area contributed by atoms with Crippen molar-refractivity contribution >= 4 is 22.8 Å². The standard InChI is InChI=1S/C23H28FN5O3/c1-15-10-18(27-32-15)14-28(2)23(31)11-16-4-3-9-29(13-16)22(30)8-7-21-25-19-6-5-17(24)12-20(19)26-21/h5-6,10,12,16H,3-4,7-9,11,13-14H2,1-2H3,(H,25,26)/t16-/m1/s1. The van der Waals surface area contributed by atoms with E-state index < -0.39 is 0 Å². The van der Waals surface area contributed by atoms with Crippen molar-refractivity contribution in [3.63, 3.8) is 0 Å². The van der Waals surface area contributed by atoms with Crippen LogP contribution in [0.1, 0.15) is 43.0 Å². The zero-order valence-corrected chi connectivity index (χ0v) is 18.4. The summed E-state index contributed by atoms with van der Waals surface area (Å²) in [5, 5.41) is 3.94. The molecular formula is C23H28FN5O3. The number of likely N-dealkylation sites (tertiary alicyclic amines) is 1. The Morgan fingerprint density at radius 1 is 1.34 bits per heavy atom. The topological polar surface area (TPSA) is 95.3 Å². The highest BCUT2D eigenvalue weighted by molar-refractivity contribution is 5.78. The molecule has 0 spiro atoms. The predicted molar refractivity (Wildman–Crippen MR) is 116 cm³/mol. The molecule has 0 saturated carbocycles. The number of nitrogens with one attached hydrogen (secondary N) is 1. The molecule has 8 nitrogen and oxygen atoms in total. The van der Waals surface area contributed by atoms with Crippen molar-refractivity contribution in [1.82, 2.24) is 24.9 Å². The van der Waals surface area contributed by atoms with Gasteiger partial charge in [-0.3, -0.25) is 9.59 Å². The lowest BCUT2D eigenvalue weighted by atomic mass is 9.94. The Labute approximate surface area is 185 Å². The van der Waals surface area contributed by atoms with E-state index in [1.165, 1.54) is 12.1 Å². The third-order valence-corrected chi connectivity index (χ3v) is 5.91. The third-order valence-electron chi connectivity index (χ3n) is 5.91. The number of benzene rings is 1. The molecular weight excluding hydrogens is 413 g/mol. The number of H-pyrrole nitrogens is 1. The van der Waals surface area contributed by atoms with Crippen molar-refractivity contribution in [1.29, 1.82) is 0 Å². The Balaban J connectivity index is 1.26. The molecule has 1 aromatic carbocycles. The van der Waals surface area contributed by atoms with E-state index in [1.54, 1.807) is 18.0 Å². The lowest BCUT2D eigenvalue weighted by molar-refractivity contribution is -0.136. The Kier molecular flexibility index (Phi) is 6.53. The van der Waals surface area contributed by atoms with Crippen LogP contribution in [0.5, 0.6) is 0 Å². The van der Waals surface area contributed by atoms with Gasteiger partial charge < -0.3 is 19.3 Å². The smallest absolute Gasteiger partial charge is 0.223 e. The second-order valence-corrected chi connectivity index (χ2v) is 8.58. The van der Waals surface area contributed by atoms with Gasteiger partial charge in [0, 0.05) is 45.5 Å². The molecule has 9 heteroatoms. The summed E-state index contributed by atoms with van der Waals surface area (Å²) in [4.78, 5) is 36.4. The van der Waals surface area contributed by atoms with E-state index in [0.717, 1.165) is 24.3 Å². The highest BCUT2D eigenvalue weighted by Crippen LogP contribution is 2.22. The van der Waals surface area contributed by atoms with Gasteiger partial charge >= 0.3 is 0 Å². The number of halogens is 1. The molecule has 1 aliphatic heterocycles. The van der Waals surface area contributed by atoms with E-state index in [9.17, 15) is 14.0 Å². The number of imidazole rings is 1. The minimum atomic E-state index is -0.320. The molecule has 1 atom stereocenters. The summed E-state index contributed by atoms with van der Waals surface area (Å²) in [6, 6.07) is 6.22. The average Bonchev–Trinajstić information content (AvgIpc) is 3.37. The molecule has 0 bridgehead atoms. The fourth-order valence-corrected chi connectivity index (χ4v) is 4.22. The van der Waals surface area contributed by atoms with E-state index in [2.05, 4.69) is 15.1 Å². The quantitative estimate of drug-likeness (QED) is 0.607. The Hall–Kier alpha value is -3.23. The lowest BCUT2D eigenvalue weighted by Crippen LogP contribution is -2.41. The van der Waals surface area contributed by atoms with Crippen LogP contribution in [0.25, 0.3) is 11.0 Å². The molecule has 32 heavy (non-hydrogen) atoms. The van der Waals surface area contributed by atoms with E-state index >= 15 is 0 Å². The van der Waals surface area contributed by atoms with Gasteiger partial charge in [0.2, 0.25) is 11.8 Å². The van der Waals surface area contributed by atoms with Crippen LogP contribution in [0.2, 0.25) is 0 Å². The maximum absolute atomic E-state index is 13.3. The first kappa shape index (κ1) is 22.0. The van der Waals surface area contributed by atoms with Gasteiger partial charge in [-0.2, -0.15) is 0 Å². The molecule has 2 aromatic heterocycles. The van der Waals surface area contributed by atoms with Crippen LogP contribution in [0.4, 0.5) is 4.39 Å². The van der Waals surface area contributed by atoms with Gasteiger partial charge in [0.25, 0.3) is 0 Å². The molecule has 0 radical (unpaired) electrons. The van der Waals surface area contributed by atoms with E-state index in [0.29, 0.717) is 55.8 Å². The van der Waals surface area contributed by atoms with Crippen LogP contribution < -0.4 is 0 Å². The number of rotatable bonds is 7. The summed E-state index contributed by atoms with van der Waals surface area (Å²) in [6.07, 6.45) is 3.02. The molecule has 1 fully saturated rings. The normalized spacial score (nSPS) is 16.5. The zero-order valence-electron chi connectivity index (χ0n) is 18.4. The maximum atomic E-state index is 13.3. The average molecular weight is 442 g/mol. The minimum Gasteiger partial charge on any atom is -0.361 e. The van der Waals surface area contributed by atoms with E-state index in [-0.39, 0.29) is 23.5 Å². The Bertz CT molecular complexity index is 1110. The molecule has 170 valence electrons. The monoisotopic (exact) mass is 441 g/mol. The number of carbonyl (C=O) groups is 2. The minimum absolute atomic E-state index is 0.0412. The third kappa shape index (κ3) is 5.33. The first-order valence-electron chi connectivity index (χ1n) is 11.0. The second-order valence-electron chi connectivity index (χ2n) is 8.58. The van der Waals surface area contributed by atoms with Crippen molar-refractivity contribution in [2.24, 2.45) is 5.92 Å². The van der Waals surface area contributed by atoms with Gasteiger partial charge in [-0.15, -0.1) is 0 Å². The van der Waals surface area contributed by atoms with Crippen molar-refractivity contribution in [2.75, 3.05) is 20.1 Å². The number of carbonyl (C=O) groups excluding carboxylic acids is 2. The molecule has 4 rings (SSSR count). The van der Waals surface area contributed by atoms with Gasteiger partial charge in [0.15, 0.2) is 0 Å². The Morgan fingerprint density at radius 2 is 2.19 bits per heavy atom. The zero-order chi connectivity index (χ0) is 22.7. The van der Waals surface area contributed by atoms with Crippen LogP contribution >= 0.6 is 0 Å². The summed E-state index contributed by atoms with van der Waals surface area (Å²) in [6.45, 7) is 3.53. The van der Waals surface area contributed by atoms with Gasteiger partial charge in [-0.1, -0.05) is 5.16 Å². The number of piperidine rings is 1. The van der Waals surface area contributed by atoms with Crippen molar-refractivity contribution in [2.45, 2.75) is 45.6 Å². The molecule has 1 N–H and O–H groups in total. The number of fused-ring (bicyclic) bond motifs is 1. The fraction of sp³-hybridized carbons (Fsp3) is 0.478. The van der Waals surface area contributed by atoms with Crippen molar-refractivity contribution < 1.29 is 18.5 Å². The summed E-state index contributed by atoms with van der Waals surface area (Å²) in [5.41, 5.74) is 2.05. The molecule has 0 aliphatic carbocycles. The lowest BCUT2D eigenvalue weighted by Gasteiger charge is -2.33. The largest absolute Gasteiger partial charge is 0.361 e. The van der Waals surface area contributed by atoms with Crippen LogP contribution in [0.15, 0.2) is 28.8 Å².